The third kappa shape index (κ3) is 2.11. The van der Waals surface area contributed by atoms with Crippen LogP contribution in [0.2, 0.25) is 0 Å². The zero-order valence-corrected chi connectivity index (χ0v) is 7.23. The second-order valence-corrected chi connectivity index (χ2v) is 2.80. The van der Waals surface area contributed by atoms with Crippen molar-refractivity contribution in [2.45, 2.75) is 13.3 Å². The van der Waals surface area contributed by atoms with E-state index in [-0.39, 0.29) is 11.5 Å². The number of rotatable bonds is 2. The molecule has 0 unspecified atom stereocenters. The van der Waals surface area contributed by atoms with E-state index in [1.54, 1.807) is 19.1 Å². The number of phenols is 2. The summed E-state index contributed by atoms with van der Waals surface area (Å²) in [7, 11) is 0. The minimum absolute atomic E-state index is 0.162. The summed E-state index contributed by atoms with van der Waals surface area (Å²) in [6.07, 6.45) is 0.316. The molecule has 0 spiro atoms. The van der Waals surface area contributed by atoms with Gasteiger partial charge in [-0.1, -0.05) is 17.3 Å². The molecule has 0 aliphatic rings. The zero-order chi connectivity index (χ0) is 9.84. The van der Waals surface area contributed by atoms with Gasteiger partial charge >= 0.3 is 0 Å². The fourth-order valence-corrected chi connectivity index (χ4v) is 1.03. The lowest BCUT2D eigenvalue weighted by Gasteiger charge is -2.04. The highest BCUT2D eigenvalue weighted by Gasteiger charge is 2.06. The molecule has 4 heteroatoms. The maximum absolute atomic E-state index is 9.36. The van der Waals surface area contributed by atoms with Gasteiger partial charge in [0.1, 0.15) is 0 Å². The molecule has 0 radical (unpaired) electrons. The summed E-state index contributed by atoms with van der Waals surface area (Å²) in [6, 6.07) is 4.67. The number of aromatic hydroxyl groups is 2. The lowest BCUT2D eigenvalue weighted by molar-refractivity contribution is 0.317. The SMILES string of the molecule is C/C(Cc1cccc(O)c1O)=N/O. The average Bonchev–Trinajstić information content (AvgIpc) is 2.13. The van der Waals surface area contributed by atoms with E-state index < -0.39 is 0 Å². The number of oxime groups is 1. The number of para-hydroxylation sites is 1. The monoisotopic (exact) mass is 181 g/mol. The van der Waals surface area contributed by atoms with Crippen LogP contribution in [0.15, 0.2) is 23.4 Å². The molecule has 70 valence electrons. The van der Waals surface area contributed by atoms with Crippen LogP contribution in [0.5, 0.6) is 11.5 Å². The molecule has 0 aliphatic heterocycles. The molecule has 0 aliphatic carbocycles. The number of hydrogen-bond donors (Lipinski definition) is 3. The standard InChI is InChI=1S/C9H11NO3/c1-6(10-13)5-7-3-2-4-8(11)9(7)12/h2-4,11-13H,5H2,1H3/b10-6-. The van der Waals surface area contributed by atoms with E-state index in [9.17, 15) is 5.11 Å². The van der Waals surface area contributed by atoms with Gasteiger partial charge in [-0.05, 0) is 13.0 Å². The van der Waals surface area contributed by atoms with Crippen molar-refractivity contribution >= 4 is 5.71 Å². The summed E-state index contributed by atoms with van der Waals surface area (Å²) in [5, 5.41) is 29.9. The molecule has 0 saturated carbocycles. The van der Waals surface area contributed by atoms with Crippen LogP contribution >= 0.6 is 0 Å². The Labute approximate surface area is 75.8 Å². The zero-order valence-electron chi connectivity index (χ0n) is 7.23. The molecule has 1 aromatic rings. The molecule has 0 heterocycles. The van der Waals surface area contributed by atoms with E-state index in [0.29, 0.717) is 17.7 Å². The molecular weight excluding hydrogens is 170 g/mol. The molecule has 1 aromatic carbocycles. The lowest BCUT2D eigenvalue weighted by atomic mass is 10.1. The quantitative estimate of drug-likeness (QED) is 0.280. The fourth-order valence-electron chi connectivity index (χ4n) is 1.03. The van der Waals surface area contributed by atoms with Crippen LogP contribution in [0.25, 0.3) is 0 Å². The first kappa shape index (κ1) is 9.38. The number of hydrogen-bond acceptors (Lipinski definition) is 4. The minimum atomic E-state index is -0.164. The highest BCUT2D eigenvalue weighted by atomic mass is 16.4. The smallest absolute Gasteiger partial charge is 0.161 e. The molecule has 1 rings (SSSR count). The van der Waals surface area contributed by atoms with Crippen molar-refractivity contribution < 1.29 is 15.4 Å². The Bertz CT molecular complexity index is 334. The van der Waals surface area contributed by atoms with Gasteiger partial charge < -0.3 is 15.4 Å². The predicted octanol–water partition coefficient (Wildman–Crippen LogP) is 1.49. The Kier molecular flexibility index (Phi) is 2.74. The summed E-state index contributed by atoms with van der Waals surface area (Å²) in [5.41, 5.74) is 1.01. The van der Waals surface area contributed by atoms with Crippen molar-refractivity contribution in [2.24, 2.45) is 5.16 Å². The van der Waals surface area contributed by atoms with E-state index in [0.717, 1.165) is 0 Å². The van der Waals surface area contributed by atoms with Gasteiger partial charge in [-0.2, -0.15) is 0 Å². The minimum Gasteiger partial charge on any atom is -0.504 e. The molecule has 0 fully saturated rings. The summed E-state index contributed by atoms with van der Waals surface area (Å²) < 4.78 is 0. The summed E-state index contributed by atoms with van der Waals surface area (Å²) in [6.45, 7) is 1.63. The highest BCUT2D eigenvalue weighted by Crippen LogP contribution is 2.28. The molecule has 4 nitrogen and oxygen atoms in total. The van der Waals surface area contributed by atoms with Gasteiger partial charge in [0.05, 0.1) is 5.71 Å². The van der Waals surface area contributed by atoms with Crippen LogP contribution in [-0.4, -0.2) is 21.1 Å². The van der Waals surface area contributed by atoms with Gasteiger partial charge in [0, 0.05) is 12.0 Å². The third-order valence-electron chi connectivity index (χ3n) is 1.72. The highest BCUT2D eigenvalue weighted by molar-refractivity contribution is 5.84. The van der Waals surface area contributed by atoms with E-state index >= 15 is 0 Å². The first-order valence-corrected chi connectivity index (χ1v) is 3.82. The van der Waals surface area contributed by atoms with Crippen molar-refractivity contribution in [3.63, 3.8) is 0 Å². The van der Waals surface area contributed by atoms with Crippen LogP contribution in [0.3, 0.4) is 0 Å². The predicted molar refractivity (Wildman–Crippen MR) is 48.4 cm³/mol. The Morgan fingerprint density at radius 2 is 2.08 bits per heavy atom. The van der Waals surface area contributed by atoms with Crippen molar-refractivity contribution in [1.82, 2.24) is 0 Å². The van der Waals surface area contributed by atoms with Crippen LogP contribution in [0.1, 0.15) is 12.5 Å². The van der Waals surface area contributed by atoms with Gasteiger partial charge in [-0.3, -0.25) is 0 Å². The normalized spacial score (nSPS) is 11.6. The van der Waals surface area contributed by atoms with E-state index in [1.165, 1.54) is 6.07 Å². The summed E-state index contributed by atoms with van der Waals surface area (Å²) in [5.74, 6) is -0.325. The Morgan fingerprint density at radius 1 is 1.38 bits per heavy atom. The lowest BCUT2D eigenvalue weighted by Crippen LogP contribution is -1.97. The van der Waals surface area contributed by atoms with Gasteiger partial charge in [0.15, 0.2) is 11.5 Å². The topological polar surface area (TPSA) is 73.0 Å². The van der Waals surface area contributed by atoms with Crippen molar-refractivity contribution in [3.8, 4) is 11.5 Å². The Balaban J connectivity index is 2.96. The molecule has 0 atom stereocenters. The van der Waals surface area contributed by atoms with Crippen molar-refractivity contribution in [2.75, 3.05) is 0 Å². The molecule has 0 amide bonds. The Morgan fingerprint density at radius 3 is 2.69 bits per heavy atom. The van der Waals surface area contributed by atoms with Gasteiger partial charge in [0.2, 0.25) is 0 Å². The van der Waals surface area contributed by atoms with Crippen LogP contribution in [0.4, 0.5) is 0 Å². The van der Waals surface area contributed by atoms with Gasteiger partial charge in [0.25, 0.3) is 0 Å². The number of benzene rings is 1. The maximum Gasteiger partial charge on any atom is 0.161 e. The molecule has 0 aromatic heterocycles. The van der Waals surface area contributed by atoms with Gasteiger partial charge in [-0.15, -0.1) is 0 Å². The first-order valence-electron chi connectivity index (χ1n) is 3.82. The summed E-state index contributed by atoms with van der Waals surface area (Å²) >= 11 is 0. The first-order chi connectivity index (χ1) is 6.15. The van der Waals surface area contributed by atoms with Crippen molar-refractivity contribution in [1.29, 1.82) is 0 Å². The number of nitrogens with zero attached hydrogens (tertiary/aromatic N) is 1. The molecular formula is C9H11NO3. The third-order valence-corrected chi connectivity index (χ3v) is 1.72. The van der Waals surface area contributed by atoms with E-state index in [1.807, 2.05) is 0 Å². The van der Waals surface area contributed by atoms with E-state index in [2.05, 4.69) is 5.16 Å². The van der Waals surface area contributed by atoms with Crippen LogP contribution in [-0.2, 0) is 6.42 Å². The molecule has 3 N–H and O–H groups in total. The largest absolute Gasteiger partial charge is 0.504 e. The van der Waals surface area contributed by atoms with Gasteiger partial charge in [-0.25, -0.2) is 0 Å². The van der Waals surface area contributed by atoms with E-state index in [4.69, 9.17) is 10.3 Å². The maximum atomic E-state index is 9.36. The van der Waals surface area contributed by atoms with Crippen LogP contribution < -0.4 is 0 Å². The second kappa shape index (κ2) is 3.80. The fraction of sp³-hybridized carbons (Fsp3) is 0.222. The Hall–Kier alpha value is -1.71. The summed E-state index contributed by atoms with van der Waals surface area (Å²) in [4.78, 5) is 0. The molecule has 13 heavy (non-hydrogen) atoms. The molecule has 0 saturated heterocycles. The second-order valence-electron chi connectivity index (χ2n) is 2.80. The number of phenolic OH excluding ortho intramolecular Hbond substituents is 2. The average molecular weight is 181 g/mol. The molecule has 0 bridgehead atoms. The van der Waals surface area contributed by atoms with Crippen molar-refractivity contribution in [3.05, 3.63) is 23.8 Å². The van der Waals surface area contributed by atoms with Crippen LogP contribution in [0, 0.1) is 0 Å².